The van der Waals surface area contributed by atoms with Crippen LogP contribution in [0.5, 0.6) is 0 Å². The normalized spacial score (nSPS) is 20.8. The summed E-state index contributed by atoms with van der Waals surface area (Å²) in [4.78, 5) is 13.2. The van der Waals surface area contributed by atoms with Crippen molar-refractivity contribution < 1.29 is 4.79 Å². The summed E-state index contributed by atoms with van der Waals surface area (Å²) in [5.41, 5.74) is 7.92. The van der Waals surface area contributed by atoms with Crippen molar-refractivity contribution in [3.63, 3.8) is 0 Å². The molecule has 2 atom stereocenters. The lowest BCUT2D eigenvalue weighted by molar-refractivity contribution is -0.117. The summed E-state index contributed by atoms with van der Waals surface area (Å²) in [7, 11) is 0. The van der Waals surface area contributed by atoms with Gasteiger partial charge in [0.05, 0.1) is 10.9 Å². The standard InChI is InChI=1S/C15H13ClN2OS.BrH/c16-10-7-5-9(6-8-10)14-13(17)15(19)18-11-3-1-2-4-12(11)20-14;/h1-8,13-14H,17H2,(H,18,19);1H. The maximum atomic E-state index is 12.2. The van der Waals surface area contributed by atoms with Crippen LogP contribution in [-0.4, -0.2) is 11.9 Å². The number of para-hydroxylation sites is 1. The Balaban J connectivity index is 0.00000161. The number of hydrogen-bond acceptors (Lipinski definition) is 3. The number of nitrogens with two attached hydrogens (primary N) is 1. The minimum Gasteiger partial charge on any atom is -0.324 e. The first-order valence-corrected chi connectivity index (χ1v) is 7.48. The zero-order valence-corrected chi connectivity index (χ0v) is 14.2. The number of halogens is 2. The van der Waals surface area contributed by atoms with Crippen LogP contribution in [0.2, 0.25) is 5.02 Å². The average Bonchev–Trinajstić information content (AvgIpc) is 2.58. The Morgan fingerprint density at radius 3 is 2.48 bits per heavy atom. The van der Waals surface area contributed by atoms with Gasteiger partial charge in [-0.15, -0.1) is 28.7 Å². The average molecular weight is 386 g/mol. The zero-order chi connectivity index (χ0) is 14.1. The summed E-state index contributed by atoms with van der Waals surface area (Å²) in [6, 6.07) is 14.6. The van der Waals surface area contributed by atoms with Gasteiger partial charge in [0.25, 0.3) is 0 Å². The van der Waals surface area contributed by atoms with Gasteiger partial charge >= 0.3 is 0 Å². The molecule has 1 aliphatic rings. The summed E-state index contributed by atoms with van der Waals surface area (Å²) in [5.74, 6) is -0.164. The van der Waals surface area contributed by atoms with Gasteiger partial charge < -0.3 is 11.1 Å². The highest BCUT2D eigenvalue weighted by atomic mass is 79.9. The summed E-state index contributed by atoms with van der Waals surface area (Å²) >= 11 is 7.51. The molecule has 0 fully saturated rings. The molecule has 0 bridgehead atoms. The molecule has 2 aromatic carbocycles. The number of thioether (sulfide) groups is 1. The number of amides is 1. The second-order valence-electron chi connectivity index (χ2n) is 4.60. The molecule has 0 spiro atoms. The second-order valence-corrected chi connectivity index (χ2v) is 6.22. The molecular formula is C15H14BrClN2OS. The van der Waals surface area contributed by atoms with Crippen molar-refractivity contribution in [1.29, 1.82) is 0 Å². The molecule has 1 heterocycles. The molecule has 6 heteroatoms. The van der Waals surface area contributed by atoms with E-state index in [0.29, 0.717) is 5.02 Å². The number of benzene rings is 2. The van der Waals surface area contributed by atoms with Crippen molar-refractivity contribution in [3.8, 4) is 0 Å². The highest BCUT2D eigenvalue weighted by molar-refractivity contribution is 8.93. The molecular weight excluding hydrogens is 372 g/mol. The quantitative estimate of drug-likeness (QED) is 0.779. The molecule has 3 rings (SSSR count). The summed E-state index contributed by atoms with van der Waals surface area (Å²) < 4.78 is 0. The highest BCUT2D eigenvalue weighted by Gasteiger charge is 2.31. The van der Waals surface area contributed by atoms with Gasteiger partial charge in [-0.1, -0.05) is 35.9 Å². The number of fused-ring (bicyclic) bond motifs is 1. The van der Waals surface area contributed by atoms with E-state index in [1.54, 1.807) is 11.8 Å². The first-order valence-electron chi connectivity index (χ1n) is 6.23. The smallest absolute Gasteiger partial charge is 0.242 e. The molecule has 3 nitrogen and oxygen atoms in total. The maximum Gasteiger partial charge on any atom is 0.242 e. The van der Waals surface area contributed by atoms with Crippen LogP contribution < -0.4 is 11.1 Å². The van der Waals surface area contributed by atoms with Crippen molar-refractivity contribution >= 4 is 51.9 Å². The molecule has 3 N–H and O–H groups in total. The minimum atomic E-state index is -0.603. The molecule has 0 aromatic heterocycles. The third-order valence-electron chi connectivity index (χ3n) is 3.23. The van der Waals surface area contributed by atoms with E-state index in [9.17, 15) is 4.79 Å². The summed E-state index contributed by atoms with van der Waals surface area (Å²) in [6.45, 7) is 0. The fourth-order valence-corrected chi connectivity index (χ4v) is 3.53. The van der Waals surface area contributed by atoms with E-state index in [0.717, 1.165) is 16.1 Å². The Bertz CT molecular complexity index is 650. The molecule has 0 saturated heterocycles. The summed E-state index contributed by atoms with van der Waals surface area (Å²) in [5, 5.41) is 3.42. The number of carbonyl (C=O) groups is 1. The fraction of sp³-hybridized carbons (Fsp3) is 0.133. The van der Waals surface area contributed by atoms with Crippen molar-refractivity contribution in [1.82, 2.24) is 0 Å². The third kappa shape index (κ3) is 3.43. The van der Waals surface area contributed by atoms with Crippen molar-refractivity contribution in [2.45, 2.75) is 16.2 Å². The lowest BCUT2D eigenvalue weighted by atomic mass is 10.1. The monoisotopic (exact) mass is 384 g/mol. The Labute approximate surface area is 143 Å². The Morgan fingerprint density at radius 2 is 1.76 bits per heavy atom. The largest absolute Gasteiger partial charge is 0.324 e. The van der Waals surface area contributed by atoms with Gasteiger partial charge in [-0.25, -0.2) is 0 Å². The SMILES string of the molecule is Br.NC1C(=O)Nc2ccccc2SC1c1ccc(Cl)cc1. The molecule has 0 radical (unpaired) electrons. The number of anilines is 1. The van der Waals surface area contributed by atoms with Gasteiger partial charge in [0.2, 0.25) is 5.91 Å². The van der Waals surface area contributed by atoms with Gasteiger partial charge in [-0.2, -0.15) is 0 Å². The molecule has 2 aromatic rings. The molecule has 0 aliphatic carbocycles. The lowest BCUT2D eigenvalue weighted by Gasteiger charge is -2.19. The predicted molar refractivity (Wildman–Crippen MR) is 93.4 cm³/mol. The highest BCUT2D eigenvalue weighted by Crippen LogP contribution is 2.43. The number of hydrogen-bond donors (Lipinski definition) is 2. The van der Waals surface area contributed by atoms with E-state index in [-0.39, 0.29) is 28.1 Å². The van der Waals surface area contributed by atoms with Crippen LogP contribution in [-0.2, 0) is 4.79 Å². The number of nitrogens with one attached hydrogen (secondary N) is 1. The Hall–Kier alpha value is -1.01. The minimum absolute atomic E-state index is 0. The van der Waals surface area contributed by atoms with E-state index in [1.165, 1.54) is 0 Å². The van der Waals surface area contributed by atoms with Crippen LogP contribution in [0.15, 0.2) is 53.4 Å². The first-order chi connectivity index (χ1) is 9.65. The van der Waals surface area contributed by atoms with Crippen molar-refractivity contribution in [2.24, 2.45) is 5.73 Å². The van der Waals surface area contributed by atoms with Gasteiger partial charge in [0.1, 0.15) is 6.04 Å². The van der Waals surface area contributed by atoms with Crippen molar-refractivity contribution in [3.05, 3.63) is 59.1 Å². The van der Waals surface area contributed by atoms with Gasteiger partial charge in [-0.3, -0.25) is 4.79 Å². The van der Waals surface area contributed by atoms with E-state index in [1.807, 2.05) is 48.5 Å². The Kier molecular flexibility index (Phi) is 5.32. The van der Waals surface area contributed by atoms with E-state index in [2.05, 4.69) is 5.32 Å². The van der Waals surface area contributed by atoms with Crippen LogP contribution in [0, 0.1) is 0 Å². The lowest BCUT2D eigenvalue weighted by Crippen LogP contribution is -2.38. The topological polar surface area (TPSA) is 55.1 Å². The Morgan fingerprint density at radius 1 is 1.10 bits per heavy atom. The van der Waals surface area contributed by atoms with E-state index >= 15 is 0 Å². The summed E-state index contributed by atoms with van der Waals surface area (Å²) in [6.07, 6.45) is 0. The molecule has 21 heavy (non-hydrogen) atoms. The number of carbonyl (C=O) groups excluding carboxylic acids is 1. The fourth-order valence-electron chi connectivity index (χ4n) is 2.16. The third-order valence-corrected chi connectivity index (χ3v) is 4.91. The second kappa shape index (κ2) is 6.83. The van der Waals surface area contributed by atoms with E-state index in [4.69, 9.17) is 17.3 Å². The van der Waals surface area contributed by atoms with Crippen LogP contribution in [0.25, 0.3) is 0 Å². The van der Waals surface area contributed by atoms with E-state index < -0.39 is 6.04 Å². The predicted octanol–water partition coefficient (Wildman–Crippen LogP) is 4.03. The number of rotatable bonds is 1. The van der Waals surface area contributed by atoms with Gasteiger partial charge in [0, 0.05) is 9.92 Å². The first kappa shape index (κ1) is 16.4. The molecule has 110 valence electrons. The van der Waals surface area contributed by atoms with Crippen LogP contribution in [0.1, 0.15) is 10.8 Å². The van der Waals surface area contributed by atoms with Crippen molar-refractivity contribution in [2.75, 3.05) is 5.32 Å². The molecule has 1 amide bonds. The maximum absolute atomic E-state index is 12.2. The zero-order valence-electron chi connectivity index (χ0n) is 11.0. The van der Waals surface area contributed by atoms with Crippen LogP contribution in [0.3, 0.4) is 0 Å². The van der Waals surface area contributed by atoms with Crippen LogP contribution >= 0.6 is 40.3 Å². The molecule has 0 saturated carbocycles. The molecule has 2 unspecified atom stereocenters. The van der Waals surface area contributed by atoms with Gasteiger partial charge in [0.15, 0.2) is 0 Å². The van der Waals surface area contributed by atoms with Gasteiger partial charge in [-0.05, 0) is 29.8 Å². The van der Waals surface area contributed by atoms with Crippen LogP contribution in [0.4, 0.5) is 5.69 Å². The molecule has 1 aliphatic heterocycles.